The third-order valence-electron chi connectivity index (χ3n) is 1.79. The van der Waals surface area contributed by atoms with E-state index in [0.717, 1.165) is 16.8 Å². The molecule has 0 amide bonds. The molecule has 0 aromatic carbocycles. The lowest BCUT2D eigenvalue weighted by Gasteiger charge is -2.03. The Morgan fingerprint density at radius 2 is 2.46 bits per heavy atom. The van der Waals surface area contributed by atoms with Crippen molar-refractivity contribution in [1.29, 1.82) is 0 Å². The first-order valence-electron chi connectivity index (χ1n) is 4.08. The topological polar surface area (TPSA) is 24.9 Å². The van der Waals surface area contributed by atoms with Crippen molar-refractivity contribution in [2.45, 2.75) is 6.92 Å². The van der Waals surface area contributed by atoms with E-state index in [4.69, 9.17) is 0 Å². The molecule has 68 valence electrons. The summed E-state index contributed by atoms with van der Waals surface area (Å²) in [5.74, 6) is 0.982. The summed E-state index contributed by atoms with van der Waals surface area (Å²) in [7, 11) is 0. The molecule has 0 saturated carbocycles. The van der Waals surface area contributed by atoms with Crippen LogP contribution in [0.15, 0.2) is 22.1 Å². The lowest BCUT2D eigenvalue weighted by Crippen LogP contribution is -1.98. The number of fused-ring (bicyclic) bond motifs is 1. The van der Waals surface area contributed by atoms with Gasteiger partial charge >= 0.3 is 0 Å². The Balaban J connectivity index is 2.64. The Labute approximate surface area is 89.1 Å². The van der Waals surface area contributed by atoms with Gasteiger partial charge in [0.25, 0.3) is 0 Å². The van der Waals surface area contributed by atoms with Crippen LogP contribution in [0.1, 0.15) is 6.92 Å². The SMILES string of the molecule is CCNc1ncc(Br)c2ccsc12. The van der Waals surface area contributed by atoms with Gasteiger partial charge < -0.3 is 5.32 Å². The summed E-state index contributed by atoms with van der Waals surface area (Å²) < 4.78 is 2.28. The molecular weight excluding hydrogens is 248 g/mol. The second-order valence-electron chi connectivity index (χ2n) is 2.65. The molecule has 2 aromatic heterocycles. The molecule has 0 aliphatic carbocycles. The first kappa shape index (κ1) is 8.97. The third kappa shape index (κ3) is 1.56. The van der Waals surface area contributed by atoms with Crippen LogP contribution in [0.4, 0.5) is 5.82 Å². The van der Waals surface area contributed by atoms with E-state index in [1.807, 2.05) is 6.20 Å². The molecule has 0 unspecified atom stereocenters. The van der Waals surface area contributed by atoms with Crippen LogP contribution < -0.4 is 5.32 Å². The Kier molecular flexibility index (Phi) is 2.51. The van der Waals surface area contributed by atoms with Crippen LogP contribution in [0, 0.1) is 0 Å². The number of rotatable bonds is 2. The van der Waals surface area contributed by atoms with Crippen molar-refractivity contribution in [1.82, 2.24) is 4.98 Å². The van der Waals surface area contributed by atoms with Gasteiger partial charge in [-0.2, -0.15) is 0 Å². The minimum absolute atomic E-state index is 0.904. The maximum absolute atomic E-state index is 4.32. The first-order chi connectivity index (χ1) is 6.33. The van der Waals surface area contributed by atoms with Crippen molar-refractivity contribution in [2.75, 3.05) is 11.9 Å². The van der Waals surface area contributed by atoms with Crippen molar-refractivity contribution < 1.29 is 0 Å². The van der Waals surface area contributed by atoms with Crippen molar-refractivity contribution in [2.24, 2.45) is 0 Å². The van der Waals surface area contributed by atoms with Crippen LogP contribution in [0.5, 0.6) is 0 Å². The highest BCUT2D eigenvalue weighted by Gasteiger charge is 2.05. The van der Waals surface area contributed by atoms with Crippen molar-refractivity contribution in [3.8, 4) is 0 Å². The van der Waals surface area contributed by atoms with E-state index in [9.17, 15) is 0 Å². The van der Waals surface area contributed by atoms with Crippen LogP contribution in [-0.4, -0.2) is 11.5 Å². The minimum atomic E-state index is 0.904. The summed E-state index contributed by atoms with van der Waals surface area (Å²) in [5.41, 5.74) is 0. The lowest BCUT2D eigenvalue weighted by molar-refractivity contribution is 1.17. The van der Waals surface area contributed by atoms with Crippen LogP contribution in [-0.2, 0) is 0 Å². The Morgan fingerprint density at radius 3 is 3.23 bits per heavy atom. The van der Waals surface area contributed by atoms with E-state index in [2.05, 4.69) is 44.6 Å². The molecule has 0 atom stereocenters. The molecule has 2 aromatic rings. The fourth-order valence-electron chi connectivity index (χ4n) is 1.22. The highest BCUT2D eigenvalue weighted by molar-refractivity contribution is 9.10. The molecule has 4 heteroatoms. The molecule has 1 N–H and O–H groups in total. The van der Waals surface area contributed by atoms with Gasteiger partial charge in [-0.25, -0.2) is 4.98 Å². The van der Waals surface area contributed by atoms with Crippen LogP contribution in [0.3, 0.4) is 0 Å². The third-order valence-corrected chi connectivity index (χ3v) is 3.34. The summed E-state index contributed by atoms with van der Waals surface area (Å²) in [5, 5.41) is 6.56. The minimum Gasteiger partial charge on any atom is -0.369 e. The Hall–Kier alpha value is -0.610. The van der Waals surface area contributed by atoms with Crippen molar-refractivity contribution >= 4 is 43.2 Å². The zero-order valence-electron chi connectivity index (χ0n) is 7.17. The number of hydrogen-bond donors (Lipinski definition) is 1. The molecule has 13 heavy (non-hydrogen) atoms. The van der Waals surface area contributed by atoms with Crippen molar-refractivity contribution in [3.63, 3.8) is 0 Å². The largest absolute Gasteiger partial charge is 0.369 e. The molecule has 0 aliphatic heterocycles. The predicted octanol–water partition coefficient (Wildman–Crippen LogP) is 3.49. The quantitative estimate of drug-likeness (QED) is 0.890. The van der Waals surface area contributed by atoms with Gasteiger partial charge in [-0.1, -0.05) is 0 Å². The van der Waals surface area contributed by atoms with Crippen LogP contribution in [0.25, 0.3) is 10.1 Å². The number of pyridine rings is 1. The summed E-state index contributed by atoms with van der Waals surface area (Å²) in [6.07, 6.45) is 1.84. The zero-order valence-corrected chi connectivity index (χ0v) is 9.58. The number of aromatic nitrogens is 1. The summed E-state index contributed by atoms with van der Waals surface area (Å²) in [6.45, 7) is 2.98. The first-order valence-corrected chi connectivity index (χ1v) is 5.75. The Morgan fingerprint density at radius 1 is 1.62 bits per heavy atom. The molecule has 0 fully saturated rings. The van der Waals surface area contributed by atoms with Gasteiger partial charge in [0.05, 0.1) is 4.70 Å². The number of hydrogen-bond acceptors (Lipinski definition) is 3. The predicted molar refractivity (Wildman–Crippen MR) is 61.5 cm³/mol. The van der Waals surface area contributed by atoms with E-state index < -0.39 is 0 Å². The highest BCUT2D eigenvalue weighted by atomic mass is 79.9. The van der Waals surface area contributed by atoms with Crippen LogP contribution >= 0.6 is 27.3 Å². The number of anilines is 1. The molecule has 0 saturated heterocycles. The van der Waals surface area contributed by atoms with Gasteiger partial charge in [0.15, 0.2) is 0 Å². The van der Waals surface area contributed by atoms with E-state index >= 15 is 0 Å². The van der Waals surface area contributed by atoms with E-state index in [1.54, 1.807) is 11.3 Å². The van der Waals surface area contributed by atoms with Gasteiger partial charge in [0.2, 0.25) is 0 Å². The van der Waals surface area contributed by atoms with Gasteiger partial charge in [0.1, 0.15) is 5.82 Å². The molecule has 0 aliphatic rings. The number of halogens is 1. The summed E-state index contributed by atoms with van der Waals surface area (Å²) >= 11 is 5.19. The maximum Gasteiger partial charge on any atom is 0.144 e. The molecule has 2 heterocycles. The molecule has 0 bridgehead atoms. The fourth-order valence-corrected chi connectivity index (χ4v) is 2.67. The second-order valence-corrected chi connectivity index (χ2v) is 4.42. The highest BCUT2D eigenvalue weighted by Crippen LogP contribution is 2.32. The number of nitrogens with one attached hydrogen (secondary N) is 1. The van der Waals surface area contributed by atoms with Crippen molar-refractivity contribution in [3.05, 3.63) is 22.1 Å². The summed E-state index contributed by atoms with van der Waals surface area (Å²) in [4.78, 5) is 4.32. The normalized spacial score (nSPS) is 10.6. The fraction of sp³-hybridized carbons (Fsp3) is 0.222. The molecule has 0 radical (unpaired) electrons. The van der Waals surface area contributed by atoms with Gasteiger partial charge in [0, 0.05) is 22.6 Å². The van der Waals surface area contributed by atoms with Gasteiger partial charge in [-0.05, 0) is 34.3 Å². The summed E-state index contributed by atoms with van der Waals surface area (Å²) in [6, 6.07) is 2.10. The van der Waals surface area contributed by atoms with E-state index in [0.29, 0.717) is 0 Å². The lowest BCUT2D eigenvalue weighted by atomic mass is 10.3. The average Bonchev–Trinajstić information content (AvgIpc) is 2.59. The van der Waals surface area contributed by atoms with Gasteiger partial charge in [-0.3, -0.25) is 0 Å². The standard InChI is InChI=1S/C9H9BrN2S/c1-2-11-9-8-6(3-4-13-8)7(10)5-12-9/h3-5H,2H2,1H3,(H,11,12). The average molecular weight is 257 g/mol. The van der Waals surface area contributed by atoms with E-state index in [1.165, 1.54) is 10.1 Å². The zero-order chi connectivity index (χ0) is 9.26. The smallest absolute Gasteiger partial charge is 0.144 e. The number of nitrogens with zero attached hydrogens (tertiary/aromatic N) is 1. The molecular formula is C9H9BrN2S. The molecule has 2 rings (SSSR count). The van der Waals surface area contributed by atoms with E-state index in [-0.39, 0.29) is 0 Å². The molecule has 2 nitrogen and oxygen atoms in total. The van der Waals surface area contributed by atoms with Gasteiger partial charge in [-0.15, -0.1) is 11.3 Å². The van der Waals surface area contributed by atoms with Crippen LogP contribution in [0.2, 0.25) is 0 Å². The Bertz CT molecular complexity index is 424. The maximum atomic E-state index is 4.32. The molecule has 0 spiro atoms. The number of thiophene rings is 1. The second kappa shape index (κ2) is 3.64. The monoisotopic (exact) mass is 256 g/mol.